The first kappa shape index (κ1) is 14.3. The standard InChI is InChI=1S/C13H20N2O3/c1-4-18-12-10(6-5-7-11(12)14)13(17)15(3)8-9(2)16/h5-7,9,16H,4,8,14H2,1-3H3. The molecule has 0 heterocycles. The van der Waals surface area contributed by atoms with E-state index in [9.17, 15) is 9.90 Å². The number of para-hydroxylation sites is 1. The maximum Gasteiger partial charge on any atom is 0.257 e. The van der Waals surface area contributed by atoms with Gasteiger partial charge in [-0.15, -0.1) is 0 Å². The Labute approximate surface area is 107 Å². The highest BCUT2D eigenvalue weighted by Crippen LogP contribution is 2.27. The van der Waals surface area contributed by atoms with Crippen LogP contribution in [0.2, 0.25) is 0 Å². The minimum Gasteiger partial charge on any atom is -0.491 e. The molecule has 0 aliphatic rings. The van der Waals surface area contributed by atoms with Crippen LogP contribution in [0.25, 0.3) is 0 Å². The minimum absolute atomic E-state index is 0.216. The molecule has 0 bridgehead atoms. The molecule has 18 heavy (non-hydrogen) atoms. The average Bonchev–Trinajstić information content (AvgIpc) is 2.30. The Balaban J connectivity index is 3.01. The molecule has 0 saturated carbocycles. The molecule has 1 atom stereocenters. The van der Waals surface area contributed by atoms with Crippen LogP contribution >= 0.6 is 0 Å². The number of nitrogens with two attached hydrogens (primary N) is 1. The van der Waals surface area contributed by atoms with Gasteiger partial charge in [0.1, 0.15) is 0 Å². The molecule has 100 valence electrons. The van der Waals surface area contributed by atoms with Crippen LogP contribution in [0.3, 0.4) is 0 Å². The zero-order valence-electron chi connectivity index (χ0n) is 11.0. The molecule has 3 N–H and O–H groups in total. The van der Waals surface area contributed by atoms with Crippen molar-refractivity contribution in [3.05, 3.63) is 23.8 Å². The zero-order valence-corrected chi connectivity index (χ0v) is 11.0. The Morgan fingerprint density at radius 1 is 1.56 bits per heavy atom. The number of nitrogens with zero attached hydrogens (tertiary/aromatic N) is 1. The van der Waals surface area contributed by atoms with Crippen molar-refractivity contribution >= 4 is 11.6 Å². The summed E-state index contributed by atoms with van der Waals surface area (Å²) in [5, 5.41) is 9.30. The Morgan fingerprint density at radius 2 is 2.22 bits per heavy atom. The number of rotatable bonds is 5. The number of benzene rings is 1. The molecule has 0 saturated heterocycles. The first-order valence-electron chi connectivity index (χ1n) is 5.92. The Bertz CT molecular complexity index is 419. The number of carbonyl (C=O) groups is 1. The van der Waals surface area contributed by atoms with Crippen LogP contribution in [-0.2, 0) is 0 Å². The molecule has 1 rings (SSSR count). The lowest BCUT2D eigenvalue weighted by Crippen LogP contribution is -2.33. The van der Waals surface area contributed by atoms with Gasteiger partial charge in [0.15, 0.2) is 5.75 Å². The maximum atomic E-state index is 12.2. The lowest BCUT2D eigenvalue weighted by molar-refractivity contribution is 0.0700. The molecule has 5 nitrogen and oxygen atoms in total. The lowest BCUT2D eigenvalue weighted by atomic mass is 10.1. The van der Waals surface area contributed by atoms with Crippen molar-refractivity contribution in [3.63, 3.8) is 0 Å². The second kappa shape index (κ2) is 6.26. The number of nitrogen functional groups attached to an aromatic ring is 1. The van der Waals surface area contributed by atoms with Gasteiger partial charge < -0.3 is 20.5 Å². The molecule has 1 aromatic carbocycles. The fourth-order valence-corrected chi connectivity index (χ4v) is 1.71. The van der Waals surface area contributed by atoms with Crippen molar-refractivity contribution in [3.8, 4) is 5.75 Å². The number of carbonyl (C=O) groups excluding carboxylic acids is 1. The van der Waals surface area contributed by atoms with Gasteiger partial charge in [-0.2, -0.15) is 0 Å². The maximum absolute atomic E-state index is 12.2. The van der Waals surface area contributed by atoms with Crippen LogP contribution in [0.4, 0.5) is 5.69 Å². The quantitative estimate of drug-likeness (QED) is 0.770. The lowest BCUT2D eigenvalue weighted by Gasteiger charge is -2.20. The highest BCUT2D eigenvalue weighted by Gasteiger charge is 2.19. The van der Waals surface area contributed by atoms with E-state index in [4.69, 9.17) is 10.5 Å². The summed E-state index contributed by atoms with van der Waals surface area (Å²) in [7, 11) is 1.63. The van der Waals surface area contributed by atoms with Gasteiger partial charge in [0, 0.05) is 13.6 Å². The van der Waals surface area contributed by atoms with Crippen LogP contribution in [0.5, 0.6) is 5.75 Å². The van der Waals surface area contributed by atoms with E-state index in [1.807, 2.05) is 6.92 Å². The monoisotopic (exact) mass is 252 g/mol. The summed E-state index contributed by atoms with van der Waals surface area (Å²) in [6.45, 7) is 4.17. The van der Waals surface area contributed by atoms with Crippen molar-refractivity contribution in [1.82, 2.24) is 4.90 Å². The second-order valence-corrected chi connectivity index (χ2v) is 4.19. The molecular weight excluding hydrogens is 232 g/mol. The van der Waals surface area contributed by atoms with Gasteiger partial charge in [0.25, 0.3) is 5.91 Å². The summed E-state index contributed by atoms with van der Waals surface area (Å²) in [5.41, 5.74) is 6.66. The van der Waals surface area contributed by atoms with Gasteiger partial charge in [-0.25, -0.2) is 0 Å². The number of anilines is 1. The average molecular weight is 252 g/mol. The highest BCUT2D eigenvalue weighted by atomic mass is 16.5. The number of hydrogen-bond donors (Lipinski definition) is 2. The van der Waals surface area contributed by atoms with Gasteiger partial charge in [-0.1, -0.05) is 6.07 Å². The molecule has 0 fully saturated rings. The van der Waals surface area contributed by atoms with E-state index in [0.29, 0.717) is 23.6 Å². The summed E-state index contributed by atoms with van der Waals surface area (Å²) in [6, 6.07) is 5.07. The third kappa shape index (κ3) is 3.37. The van der Waals surface area contributed by atoms with Crippen molar-refractivity contribution in [1.29, 1.82) is 0 Å². The summed E-state index contributed by atoms with van der Waals surface area (Å²) >= 11 is 0. The number of aliphatic hydroxyl groups excluding tert-OH is 1. The zero-order chi connectivity index (χ0) is 13.7. The summed E-state index contributed by atoms with van der Waals surface area (Å²) in [4.78, 5) is 13.7. The molecule has 1 unspecified atom stereocenters. The van der Waals surface area contributed by atoms with Gasteiger partial charge in [0.05, 0.1) is 24.0 Å². The number of amides is 1. The van der Waals surface area contributed by atoms with Crippen LogP contribution in [0.15, 0.2) is 18.2 Å². The van der Waals surface area contributed by atoms with Crippen LogP contribution in [-0.4, -0.2) is 42.2 Å². The smallest absolute Gasteiger partial charge is 0.257 e. The van der Waals surface area contributed by atoms with Crippen LogP contribution < -0.4 is 10.5 Å². The van der Waals surface area contributed by atoms with Crippen LogP contribution in [0, 0.1) is 0 Å². The van der Waals surface area contributed by atoms with Gasteiger partial charge in [-0.3, -0.25) is 4.79 Å². The SMILES string of the molecule is CCOc1c(N)cccc1C(=O)N(C)CC(C)O. The second-order valence-electron chi connectivity index (χ2n) is 4.19. The number of aliphatic hydroxyl groups is 1. The number of likely N-dealkylation sites (N-methyl/N-ethyl adjacent to an activating group) is 1. The van der Waals surface area contributed by atoms with Gasteiger partial charge in [0.2, 0.25) is 0 Å². The fraction of sp³-hybridized carbons (Fsp3) is 0.462. The molecule has 0 spiro atoms. The molecule has 0 aliphatic carbocycles. The Kier molecular flexibility index (Phi) is 4.97. The third-order valence-electron chi connectivity index (χ3n) is 2.45. The van der Waals surface area contributed by atoms with Crippen molar-refractivity contribution in [2.75, 3.05) is 25.9 Å². The van der Waals surface area contributed by atoms with Gasteiger partial charge >= 0.3 is 0 Å². The van der Waals surface area contributed by atoms with Crippen LogP contribution in [0.1, 0.15) is 24.2 Å². The summed E-state index contributed by atoms with van der Waals surface area (Å²) < 4.78 is 5.41. The van der Waals surface area contributed by atoms with E-state index in [1.54, 1.807) is 32.2 Å². The predicted molar refractivity (Wildman–Crippen MR) is 70.7 cm³/mol. The first-order valence-corrected chi connectivity index (χ1v) is 5.92. The molecule has 0 aliphatic heterocycles. The predicted octanol–water partition coefficient (Wildman–Crippen LogP) is 1.12. The molecule has 1 aromatic rings. The topological polar surface area (TPSA) is 75.8 Å². The van der Waals surface area contributed by atoms with Crippen molar-refractivity contribution < 1.29 is 14.6 Å². The molecule has 5 heteroatoms. The third-order valence-corrected chi connectivity index (χ3v) is 2.45. The van der Waals surface area contributed by atoms with E-state index in [2.05, 4.69) is 0 Å². The molecule has 0 aromatic heterocycles. The van der Waals surface area contributed by atoms with E-state index < -0.39 is 6.10 Å². The normalized spacial score (nSPS) is 12.0. The first-order chi connectivity index (χ1) is 8.47. The molecule has 1 amide bonds. The summed E-state index contributed by atoms with van der Waals surface area (Å²) in [5.74, 6) is 0.189. The van der Waals surface area contributed by atoms with E-state index >= 15 is 0 Å². The van der Waals surface area contributed by atoms with E-state index in [0.717, 1.165) is 0 Å². The van der Waals surface area contributed by atoms with Gasteiger partial charge in [-0.05, 0) is 26.0 Å². The Hall–Kier alpha value is -1.75. The van der Waals surface area contributed by atoms with E-state index in [-0.39, 0.29) is 12.5 Å². The highest BCUT2D eigenvalue weighted by molar-refractivity contribution is 5.98. The summed E-state index contributed by atoms with van der Waals surface area (Å²) in [6.07, 6.45) is -0.574. The minimum atomic E-state index is -0.574. The molecular formula is C13H20N2O3. The fourth-order valence-electron chi connectivity index (χ4n) is 1.71. The van der Waals surface area contributed by atoms with Crippen molar-refractivity contribution in [2.45, 2.75) is 20.0 Å². The number of ether oxygens (including phenoxy) is 1. The van der Waals surface area contributed by atoms with Crippen molar-refractivity contribution in [2.24, 2.45) is 0 Å². The molecule has 0 radical (unpaired) electrons. The largest absolute Gasteiger partial charge is 0.491 e. The Morgan fingerprint density at radius 3 is 2.78 bits per heavy atom. The van der Waals surface area contributed by atoms with E-state index in [1.165, 1.54) is 4.90 Å². The number of hydrogen-bond acceptors (Lipinski definition) is 4.